The fourth-order valence-electron chi connectivity index (χ4n) is 5.60. The molecule has 0 radical (unpaired) electrons. The van der Waals surface area contributed by atoms with Crippen molar-refractivity contribution in [3.05, 3.63) is 24.7 Å². The highest BCUT2D eigenvalue weighted by Gasteiger charge is 2.44. The van der Waals surface area contributed by atoms with Gasteiger partial charge in [-0.1, -0.05) is 19.6 Å². The molecule has 4 heterocycles. The smallest absolute Gasteiger partial charge is 0.228 e. The summed E-state index contributed by atoms with van der Waals surface area (Å²) in [5.41, 5.74) is 2.27. The lowest BCUT2D eigenvalue weighted by atomic mass is 10.1. The van der Waals surface area contributed by atoms with Gasteiger partial charge in [0.05, 0.1) is 7.11 Å². The van der Waals surface area contributed by atoms with Crippen LogP contribution in [0.3, 0.4) is 0 Å². The lowest BCUT2D eigenvalue weighted by Crippen LogP contribution is -2.45. The van der Waals surface area contributed by atoms with E-state index in [-0.39, 0.29) is 17.9 Å². The third-order valence-corrected chi connectivity index (χ3v) is 10.3. The number of amides is 1. The zero-order valence-electron chi connectivity index (χ0n) is 26.1. The molecule has 2 atom stereocenters. The molecule has 232 valence electrons. The Morgan fingerprint density at radius 1 is 1.09 bits per heavy atom. The minimum absolute atomic E-state index is 0.0391. The number of ether oxygens (including phenoxy) is 3. The van der Waals surface area contributed by atoms with Gasteiger partial charge < -0.3 is 33.9 Å². The molecule has 2 saturated carbocycles. The Labute approximate surface area is 254 Å². The average molecular weight is 608 g/mol. The van der Waals surface area contributed by atoms with Crippen LogP contribution in [0.5, 0.6) is 11.8 Å². The van der Waals surface area contributed by atoms with E-state index in [1.165, 1.54) is 6.33 Å². The zero-order valence-corrected chi connectivity index (χ0v) is 27.1. The number of nitrogens with zero attached hydrogens (tertiary/aromatic N) is 6. The molecule has 0 aromatic carbocycles. The van der Waals surface area contributed by atoms with E-state index in [1.54, 1.807) is 7.11 Å². The number of aromatic nitrogens is 4. The highest BCUT2D eigenvalue weighted by molar-refractivity contribution is 6.76. The van der Waals surface area contributed by atoms with E-state index in [4.69, 9.17) is 19.2 Å². The van der Waals surface area contributed by atoms with Crippen LogP contribution in [0.1, 0.15) is 19.3 Å². The van der Waals surface area contributed by atoms with Gasteiger partial charge in [0.25, 0.3) is 0 Å². The van der Waals surface area contributed by atoms with Crippen molar-refractivity contribution in [1.82, 2.24) is 29.3 Å². The molecule has 6 rings (SSSR count). The quantitative estimate of drug-likeness (QED) is 0.226. The molecule has 11 nitrogen and oxygen atoms in total. The first-order valence-corrected chi connectivity index (χ1v) is 19.2. The van der Waals surface area contributed by atoms with Crippen molar-refractivity contribution >= 4 is 30.8 Å². The molecular weight excluding hydrogens is 562 g/mol. The number of rotatable bonds is 13. The third kappa shape index (κ3) is 7.36. The lowest BCUT2D eigenvalue weighted by molar-refractivity contribution is -0.117. The lowest BCUT2D eigenvalue weighted by Gasteiger charge is -2.32. The summed E-state index contributed by atoms with van der Waals surface area (Å²) in [4.78, 5) is 31.8. The van der Waals surface area contributed by atoms with Gasteiger partial charge in [0.2, 0.25) is 17.7 Å². The maximum atomic E-state index is 13.2. The van der Waals surface area contributed by atoms with Crippen LogP contribution in [0.15, 0.2) is 24.7 Å². The van der Waals surface area contributed by atoms with E-state index in [2.05, 4.69) is 51.8 Å². The third-order valence-electron chi connectivity index (χ3n) is 8.59. The van der Waals surface area contributed by atoms with E-state index in [0.717, 1.165) is 69.0 Å². The summed E-state index contributed by atoms with van der Waals surface area (Å²) in [5.74, 6) is 2.00. The van der Waals surface area contributed by atoms with Crippen LogP contribution >= 0.6 is 0 Å². The second-order valence-electron chi connectivity index (χ2n) is 13.5. The molecule has 0 bridgehead atoms. The minimum Gasteiger partial charge on any atom is -0.480 e. The molecule has 0 unspecified atom stereocenters. The van der Waals surface area contributed by atoms with Crippen molar-refractivity contribution in [1.29, 1.82) is 0 Å². The number of methoxy groups -OCH3 is 1. The number of pyridine rings is 1. The SMILES string of the molecule is COc1ncnc(OC2CC2)c1-c1cn(COCC[Si](C)(C)C)c2nc(NC(=O)[C@@H]3C[C@H]3CN3CCN(C)CC3)ccc12. The predicted octanol–water partition coefficient (Wildman–Crippen LogP) is 4.18. The van der Waals surface area contributed by atoms with Crippen LogP contribution in [-0.2, 0) is 16.3 Å². The molecule has 1 aliphatic heterocycles. The van der Waals surface area contributed by atoms with Gasteiger partial charge in [0, 0.05) is 70.5 Å². The highest BCUT2D eigenvalue weighted by atomic mass is 28.3. The number of likely N-dealkylation sites (N-methyl/N-ethyl adjacent to an activating group) is 1. The van der Waals surface area contributed by atoms with Gasteiger partial charge in [0.15, 0.2) is 0 Å². The Morgan fingerprint density at radius 3 is 2.58 bits per heavy atom. The van der Waals surface area contributed by atoms with Gasteiger partial charge in [-0.2, -0.15) is 0 Å². The van der Waals surface area contributed by atoms with E-state index in [0.29, 0.717) is 48.0 Å². The normalized spacial score (nSPS) is 21.2. The summed E-state index contributed by atoms with van der Waals surface area (Å²) in [6.07, 6.45) is 6.61. The van der Waals surface area contributed by atoms with Crippen LogP contribution in [0.4, 0.5) is 5.82 Å². The molecule has 2 aliphatic carbocycles. The Balaban J connectivity index is 1.23. The molecule has 0 spiro atoms. The average Bonchev–Trinajstić information content (AvgIpc) is 3.91. The molecule has 3 aliphatic rings. The fraction of sp³-hybridized carbons (Fsp3) is 0.613. The van der Waals surface area contributed by atoms with Crippen molar-refractivity contribution in [3.8, 4) is 22.9 Å². The van der Waals surface area contributed by atoms with Crippen molar-refractivity contribution < 1.29 is 19.0 Å². The second kappa shape index (κ2) is 12.5. The van der Waals surface area contributed by atoms with Gasteiger partial charge in [-0.3, -0.25) is 4.79 Å². The number of hydrogen-bond acceptors (Lipinski definition) is 9. The fourth-order valence-corrected chi connectivity index (χ4v) is 6.35. The van der Waals surface area contributed by atoms with Crippen molar-refractivity contribution in [2.24, 2.45) is 11.8 Å². The van der Waals surface area contributed by atoms with E-state index in [1.807, 2.05) is 22.9 Å². The van der Waals surface area contributed by atoms with Gasteiger partial charge in [-0.05, 0) is 50.4 Å². The standard InChI is InChI=1S/C31H45N7O4Si/c1-36-10-12-37(13-11-36)17-21-16-24(21)29(39)35-26-9-8-23-25(18-38(28(23)34-26)20-41-14-15-43(3,4)5)27-30(40-2)32-19-33-31(27)42-22-6-7-22/h8-9,18-19,21-22,24H,6-7,10-17,20H2,1-5H3,(H,34,35,39)/t21-,24+/m0/s1. The first kappa shape index (κ1) is 30.0. The number of hydrogen-bond donors (Lipinski definition) is 1. The molecule has 43 heavy (non-hydrogen) atoms. The Kier molecular flexibility index (Phi) is 8.72. The summed E-state index contributed by atoms with van der Waals surface area (Å²) in [6.45, 7) is 13.4. The largest absolute Gasteiger partial charge is 0.480 e. The van der Waals surface area contributed by atoms with Crippen LogP contribution in [0.2, 0.25) is 25.7 Å². The summed E-state index contributed by atoms with van der Waals surface area (Å²) in [5, 5.41) is 3.99. The van der Waals surface area contributed by atoms with Crippen LogP contribution in [0, 0.1) is 11.8 Å². The van der Waals surface area contributed by atoms with Gasteiger partial charge in [-0.25, -0.2) is 15.0 Å². The summed E-state index contributed by atoms with van der Waals surface area (Å²) in [6, 6.07) is 4.94. The number of fused-ring (bicyclic) bond motifs is 1. The Morgan fingerprint density at radius 2 is 1.86 bits per heavy atom. The number of carbonyl (C=O) groups is 1. The molecule has 1 N–H and O–H groups in total. The molecule has 1 amide bonds. The van der Waals surface area contributed by atoms with Crippen LogP contribution in [0.25, 0.3) is 22.2 Å². The molecule has 1 saturated heterocycles. The van der Waals surface area contributed by atoms with Crippen molar-refractivity contribution in [3.63, 3.8) is 0 Å². The molecular formula is C31H45N7O4Si. The monoisotopic (exact) mass is 607 g/mol. The first-order valence-electron chi connectivity index (χ1n) is 15.5. The minimum atomic E-state index is -1.23. The van der Waals surface area contributed by atoms with Gasteiger partial charge in [-0.15, -0.1) is 0 Å². The van der Waals surface area contributed by atoms with Gasteiger partial charge >= 0.3 is 0 Å². The topological polar surface area (TPSA) is 107 Å². The highest BCUT2D eigenvalue weighted by Crippen LogP contribution is 2.43. The number of nitrogens with one attached hydrogen (secondary N) is 1. The van der Waals surface area contributed by atoms with Crippen molar-refractivity contribution in [2.75, 3.05) is 58.8 Å². The number of anilines is 1. The molecule has 3 fully saturated rings. The number of piperazine rings is 1. The van der Waals surface area contributed by atoms with Crippen molar-refractivity contribution in [2.45, 2.75) is 57.8 Å². The summed E-state index contributed by atoms with van der Waals surface area (Å²) < 4.78 is 20.0. The Bertz CT molecular complexity index is 1450. The van der Waals surface area contributed by atoms with Crippen LogP contribution < -0.4 is 14.8 Å². The predicted molar refractivity (Wildman–Crippen MR) is 169 cm³/mol. The molecule has 3 aromatic rings. The van der Waals surface area contributed by atoms with E-state index >= 15 is 0 Å². The summed E-state index contributed by atoms with van der Waals surface area (Å²) in [7, 11) is 2.53. The summed E-state index contributed by atoms with van der Waals surface area (Å²) >= 11 is 0. The first-order chi connectivity index (χ1) is 20.7. The zero-order chi connectivity index (χ0) is 30.1. The van der Waals surface area contributed by atoms with E-state index < -0.39 is 8.07 Å². The molecule has 3 aromatic heterocycles. The molecule has 12 heteroatoms. The van der Waals surface area contributed by atoms with E-state index in [9.17, 15) is 4.79 Å². The maximum Gasteiger partial charge on any atom is 0.228 e. The van der Waals surface area contributed by atoms with Crippen LogP contribution in [-0.4, -0.2) is 103 Å². The van der Waals surface area contributed by atoms with Gasteiger partial charge in [0.1, 0.15) is 36.2 Å². The number of carbonyl (C=O) groups excluding carboxylic acids is 1. The Hall–Kier alpha value is -3.06. The second-order valence-corrected chi connectivity index (χ2v) is 19.1. The maximum absolute atomic E-state index is 13.2.